The molecule has 210 valence electrons. The Balaban J connectivity index is 1.46. The Labute approximate surface area is 236 Å². The number of hydrogen-bond donors (Lipinski definition) is 1. The first kappa shape index (κ1) is 25.7. The molecule has 40 heavy (non-hydrogen) atoms. The van der Waals surface area contributed by atoms with Gasteiger partial charge in [-0.05, 0) is 84.9 Å². The normalized spacial score (nSPS) is 27.9. The first-order valence-corrected chi connectivity index (χ1v) is 15.2. The van der Waals surface area contributed by atoms with E-state index in [2.05, 4.69) is 35.4 Å². The van der Waals surface area contributed by atoms with E-state index in [0.717, 1.165) is 55.4 Å². The molecule has 6 heteroatoms. The molecule has 2 saturated carbocycles. The maximum Gasteiger partial charge on any atom is 0.335 e. The van der Waals surface area contributed by atoms with Crippen molar-refractivity contribution in [2.24, 2.45) is 17.3 Å². The molecule has 0 spiro atoms. The number of benzene rings is 2. The van der Waals surface area contributed by atoms with Gasteiger partial charge in [-0.2, -0.15) is 0 Å². The van der Waals surface area contributed by atoms with Crippen molar-refractivity contribution in [3.05, 3.63) is 53.1 Å². The van der Waals surface area contributed by atoms with E-state index in [1.807, 2.05) is 18.2 Å². The summed E-state index contributed by atoms with van der Waals surface area (Å²) in [6, 6.07) is 12.0. The van der Waals surface area contributed by atoms with Gasteiger partial charge in [-0.3, -0.25) is 4.79 Å². The van der Waals surface area contributed by atoms with Crippen LogP contribution in [-0.4, -0.2) is 46.6 Å². The molecule has 2 aliphatic heterocycles. The van der Waals surface area contributed by atoms with Crippen LogP contribution in [0.2, 0.25) is 0 Å². The third kappa shape index (κ3) is 3.89. The second kappa shape index (κ2) is 9.39. The summed E-state index contributed by atoms with van der Waals surface area (Å²) in [6.45, 7) is 6.74. The van der Waals surface area contributed by atoms with Crippen molar-refractivity contribution in [3.8, 4) is 17.0 Å². The van der Waals surface area contributed by atoms with Crippen LogP contribution < -0.4 is 4.74 Å². The maximum atomic E-state index is 14.5. The average Bonchev–Trinajstić information content (AvgIpc) is 3.62. The summed E-state index contributed by atoms with van der Waals surface area (Å²) in [6.07, 6.45) is 7.99. The predicted octanol–water partition coefficient (Wildman–Crippen LogP) is 7.05. The van der Waals surface area contributed by atoms with Gasteiger partial charge in [-0.15, -0.1) is 0 Å². The molecule has 2 unspecified atom stereocenters. The smallest absolute Gasteiger partial charge is 0.335 e. The van der Waals surface area contributed by atoms with Crippen molar-refractivity contribution in [3.63, 3.8) is 0 Å². The number of carboxylic acids is 1. The lowest BCUT2D eigenvalue weighted by atomic mass is 9.81. The minimum absolute atomic E-state index is 0.134. The fourth-order valence-corrected chi connectivity index (χ4v) is 8.56. The van der Waals surface area contributed by atoms with Crippen molar-refractivity contribution in [1.29, 1.82) is 0 Å². The van der Waals surface area contributed by atoms with Crippen molar-refractivity contribution < 1.29 is 19.4 Å². The zero-order chi connectivity index (χ0) is 27.8. The molecule has 7 rings (SSSR count). The highest BCUT2D eigenvalue weighted by atomic mass is 16.5. The van der Waals surface area contributed by atoms with E-state index in [4.69, 9.17) is 4.74 Å². The van der Waals surface area contributed by atoms with E-state index >= 15 is 0 Å². The second-order valence-corrected chi connectivity index (χ2v) is 13.2. The number of aromatic nitrogens is 1. The minimum Gasteiger partial charge on any atom is -0.497 e. The Bertz CT molecular complexity index is 1510. The average molecular weight is 541 g/mol. The van der Waals surface area contributed by atoms with Crippen LogP contribution in [0.5, 0.6) is 5.75 Å². The highest BCUT2D eigenvalue weighted by Crippen LogP contribution is 2.66. The summed E-state index contributed by atoms with van der Waals surface area (Å²) in [5.74, 6) is 1.74. The number of carboxylic acid groups (broad SMARTS) is 1. The predicted molar refractivity (Wildman–Crippen MR) is 156 cm³/mol. The van der Waals surface area contributed by atoms with Gasteiger partial charge in [0.05, 0.1) is 23.8 Å². The van der Waals surface area contributed by atoms with Crippen LogP contribution in [0.4, 0.5) is 0 Å². The van der Waals surface area contributed by atoms with E-state index in [9.17, 15) is 14.7 Å². The van der Waals surface area contributed by atoms with E-state index in [-0.39, 0.29) is 11.8 Å². The van der Waals surface area contributed by atoms with Crippen molar-refractivity contribution in [1.82, 2.24) is 9.47 Å². The number of carbonyl (C=O) groups is 2. The van der Waals surface area contributed by atoms with Gasteiger partial charge < -0.3 is 19.3 Å². The quantitative estimate of drug-likeness (QED) is 0.385. The summed E-state index contributed by atoms with van der Waals surface area (Å²) in [5.41, 5.74) is 5.68. The molecule has 1 amide bonds. The monoisotopic (exact) mass is 540 g/mol. The molecule has 2 aromatic carbocycles. The van der Waals surface area contributed by atoms with Crippen LogP contribution in [0.25, 0.3) is 22.2 Å². The molecular formula is C34H40N2O4. The number of piperidine rings is 1. The molecule has 6 nitrogen and oxygen atoms in total. The molecule has 0 radical (unpaired) electrons. The number of rotatable bonds is 4. The summed E-state index contributed by atoms with van der Waals surface area (Å²) >= 11 is 0. The third-order valence-electron chi connectivity index (χ3n) is 10.4. The van der Waals surface area contributed by atoms with Gasteiger partial charge in [0.2, 0.25) is 5.91 Å². The van der Waals surface area contributed by atoms with Crippen LogP contribution in [0, 0.1) is 17.3 Å². The Hall–Kier alpha value is -3.28. The van der Waals surface area contributed by atoms with Gasteiger partial charge in [-0.25, -0.2) is 4.79 Å². The van der Waals surface area contributed by atoms with E-state index in [1.54, 1.807) is 13.2 Å². The summed E-state index contributed by atoms with van der Waals surface area (Å²) in [7, 11) is 1.71. The molecule has 3 heterocycles. The minimum atomic E-state index is -0.915. The van der Waals surface area contributed by atoms with Gasteiger partial charge in [0.1, 0.15) is 5.75 Å². The van der Waals surface area contributed by atoms with E-state index in [0.29, 0.717) is 29.9 Å². The Morgan fingerprint density at radius 3 is 2.45 bits per heavy atom. The van der Waals surface area contributed by atoms with E-state index in [1.165, 1.54) is 41.6 Å². The van der Waals surface area contributed by atoms with Crippen LogP contribution >= 0.6 is 0 Å². The van der Waals surface area contributed by atoms with Gasteiger partial charge >= 0.3 is 5.97 Å². The third-order valence-corrected chi connectivity index (χ3v) is 10.4. The fraction of sp³-hybridized carbons (Fsp3) is 0.529. The number of hydrogen-bond acceptors (Lipinski definition) is 3. The van der Waals surface area contributed by atoms with Gasteiger partial charge in [0.25, 0.3) is 0 Å². The molecule has 4 aliphatic rings. The van der Waals surface area contributed by atoms with Crippen molar-refractivity contribution in [2.75, 3.05) is 20.2 Å². The Morgan fingerprint density at radius 1 is 1.00 bits per heavy atom. The molecular weight excluding hydrogens is 500 g/mol. The number of amides is 1. The Morgan fingerprint density at radius 2 is 1.75 bits per heavy atom. The molecule has 2 aliphatic carbocycles. The zero-order valence-corrected chi connectivity index (χ0v) is 23.9. The number of likely N-dealkylation sites (tertiary alicyclic amines) is 1. The molecule has 1 aromatic heterocycles. The van der Waals surface area contributed by atoms with Crippen LogP contribution in [0.15, 0.2) is 36.4 Å². The lowest BCUT2D eigenvalue weighted by Crippen LogP contribution is -2.47. The summed E-state index contributed by atoms with van der Waals surface area (Å²) in [4.78, 5) is 28.8. The zero-order valence-electron chi connectivity index (χ0n) is 23.9. The van der Waals surface area contributed by atoms with E-state index < -0.39 is 11.4 Å². The number of ether oxygens (including phenoxy) is 1. The van der Waals surface area contributed by atoms with Gasteiger partial charge in [-0.1, -0.05) is 39.2 Å². The highest BCUT2D eigenvalue weighted by Gasteiger charge is 2.64. The fourth-order valence-electron chi connectivity index (χ4n) is 8.56. The number of aromatic carboxylic acids is 1. The molecule has 1 saturated heterocycles. The Kier molecular flexibility index (Phi) is 6.03. The maximum absolute atomic E-state index is 14.5. The van der Waals surface area contributed by atoms with Crippen LogP contribution in [-0.2, 0) is 11.3 Å². The van der Waals surface area contributed by atoms with Gasteiger partial charge in [0, 0.05) is 42.0 Å². The highest BCUT2D eigenvalue weighted by molar-refractivity contribution is 6.00. The molecule has 3 aromatic rings. The number of carbonyl (C=O) groups excluding carboxylic acids is 1. The largest absolute Gasteiger partial charge is 0.497 e. The summed E-state index contributed by atoms with van der Waals surface area (Å²) in [5, 5.41) is 11.1. The standard InChI is InChI=1S/C34H40N2O4/c1-20-13-21(2)18-35(17-20)33(39)34-16-28(34)27-15-24(40-3)10-12-25(27)31-30(22-7-5-4-6-8-22)26-11-9-23(32(37)38)14-29(26)36(31)19-34/h9-12,14-15,20-22,28H,4-8,13,16-19H2,1-3H3,(H,37,38)/t20-,21+,28?,34?. The molecule has 4 atom stereocenters. The SMILES string of the molecule is COc1ccc2c(c1)C1CC1(C(=O)N1C[C@H](C)C[C@H](C)C1)Cn1c-2c(C2CCCCC2)c2ccc(C(=O)O)cc21. The van der Waals surface area contributed by atoms with Crippen molar-refractivity contribution >= 4 is 22.8 Å². The first-order valence-electron chi connectivity index (χ1n) is 15.2. The summed E-state index contributed by atoms with van der Waals surface area (Å²) < 4.78 is 8.04. The molecule has 3 fully saturated rings. The first-order chi connectivity index (χ1) is 19.3. The van der Waals surface area contributed by atoms with Crippen LogP contribution in [0.1, 0.15) is 92.1 Å². The number of fused-ring (bicyclic) bond motifs is 7. The lowest BCUT2D eigenvalue weighted by Gasteiger charge is -2.37. The number of nitrogens with zero attached hydrogens (tertiary/aromatic N) is 2. The van der Waals surface area contributed by atoms with Gasteiger partial charge in [0.15, 0.2) is 0 Å². The second-order valence-electron chi connectivity index (χ2n) is 13.2. The topological polar surface area (TPSA) is 71.8 Å². The number of methoxy groups -OCH3 is 1. The van der Waals surface area contributed by atoms with Crippen molar-refractivity contribution in [2.45, 2.75) is 77.2 Å². The molecule has 0 bridgehead atoms. The molecule has 1 N–H and O–H groups in total. The van der Waals surface area contributed by atoms with Crippen LogP contribution in [0.3, 0.4) is 0 Å². The lowest BCUT2D eigenvalue weighted by molar-refractivity contribution is -0.140.